The lowest BCUT2D eigenvalue weighted by Gasteiger charge is -2.19. The second kappa shape index (κ2) is 14.2. The van der Waals surface area contributed by atoms with Gasteiger partial charge < -0.3 is 28.4 Å². The molecular weight excluding hydrogens is 552 g/mol. The van der Waals surface area contributed by atoms with Gasteiger partial charge in [-0.15, -0.1) is 0 Å². The van der Waals surface area contributed by atoms with Crippen molar-refractivity contribution in [2.45, 2.75) is 65.8 Å². The molecule has 4 aromatic rings. The number of epoxide rings is 2. The molecule has 4 unspecified atom stereocenters. The first-order valence-corrected chi connectivity index (χ1v) is 16.3. The Kier molecular flexibility index (Phi) is 9.90. The Hall–Kier alpha value is -3.32. The molecule has 0 aromatic heterocycles. The summed E-state index contributed by atoms with van der Waals surface area (Å²) in [5, 5.41) is 4.65. The van der Waals surface area contributed by atoms with Gasteiger partial charge in [-0.25, -0.2) is 0 Å². The number of benzene rings is 4. The highest BCUT2D eigenvalue weighted by Gasteiger charge is 2.25. The number of fused-ring (bicyclic) bond motifs is 2. The zero-order valence-corrected chi connectivity index (χ0v) is 26.6. The third-order valence-electron chi connectivity index (χ3n) is 8.87. The minimum absolute atomic E-state index is 0.167. The Morgan fingerprint density at radius 3 is 1.82 bits per heavy atom. The first-order valence-electron chi connectivity index (χ1n) is 16.3. The zero-order chi connectivity index (χ0) is 30.5. The summed E-state index contributed by atoms with van der Waals surface area (Å²) < 4.78 is 36.0. The van der Waals surface area contributed by atoms with Gasteiger partial charge in [-0.3, -0.25) is 0 Å². The van der Waals surface area contributed by atoms with Crippen molar-refractivity contribution in [1.29, 1.82) is 0 Å². The van der Waals surface area contributed by atoms with Gasteiger partial charge in [0.15, 0.2) is 0 Å². The van der Waals surface area contributed by atoms with Gasteiger partial charge in [0.1, 0.15) is 36.1 Å². The van der Waals surface area contributed by atoms with E-state index in [1.165, 1.54) is 16.3 Å². The van der Waals surface area contributed by atoms with E-state index in [4.69, 9.17) is 28.4 Å². The molecule has 0 N–H and O–H groups in total. The molecule has 2 aliphatic heterocycles. The summed E-state index contributed by atoms with van der Waals surface area (Å²) in [5.41, 5.74) is 3.52. The number of hydrogen-bond acceptors (Lipinski definition) is 6. The molecule has 2 saturated heterocycles. The first-order chi connectivity index (χ1) is 21.5. The van der Waals surface area contributed by atoms with E-state index in [2.05, 4.69) is 88.4 Å². The Morgan fingerprint density at radius 1 is 0.682 bits per heavy atom. The van der Waals surface area contributed by atoms with E-state index >= 15 is 0 Å². The molecule has 0 spiro atoms. The molecule has 0 bridgehead atoms. The molecule has 0 radical (unpaired) electrons. The highest BCUT2D eigenvalue weighted by molar-refractivity contribution is 5.92. The van der Waals surface area contributed by atoms with Crippen molar-refractivity contribution in [3.05, 3.63) is 77.4 Å². The standard InChI is InChI=1S/C38H46O6/c1-5-25(3)18-40-30-12-9-27-7-8-29(20-39-21-32-22-42-32)36(34(27)15-30)17-37-35-16-31(41-19-26(4)6-2)13-10-28(35)11-14-38(37)44-24-33-23-43-33/h7-16,25-26,32-33H,5-6,17-24H2,1-4H3. The lowest BCUT2D eigenvalue weighted by molar-refractivity contribution is 0.104. The normalized spacial score (nSPS) is 18.7. The SMILES string of the molecule is CCC(C)COc1ccc2ccc(COCC3CO3)c(Cc3c(OCC4CO4)ccc4ccc(OCC(C)CC)cc34)c2c1. The third kappa shape index (κ3) is 7.84. The Morgan fingerprint density at radius 2 is 1.23 bits per heavy atom. The van der Waals surface area contributed by atoms with Gasteiger partial charge in [0.05, 0.1) is 39.6 Å². The van der Waals surface area contributed by atoms with Crippen LogP contribution in [0.3, 0.4) is 0 Å². The molecular formula is C38H46O6. The van der Waals surface area contributed by atoms with Gasteiger partial charge in [0, 0.05) is 12.0 Å². The van der Waals surface area contributed by atoms with E-state index in [9.17, 15) is 0 Å². The maximum absolute atomic E-state index is 6.43. The van der Waals surface area contributed by atoms with Gasteiger partial charge in [-0.2, -0.15) is 0 Å². The molecule has 4 aromatic carbocycles. The van der Waals surface area contributed by atoms with E-state index in [0.717, 1.165) is 65.2 Å². The average molecular weight is 599 g/mol. The van der Waals surface area contributed by atoms with Gasteiger partial charge in [0.25, 0.3) is 0 Å². The lowest BCUT2D eigenvalue weighted by atomic mass is 9.91. The summed E-state index contributed by atoms with van der Waals surface area (Å²) in [6, 6.07) is 21.5. The van der Waals surface area contributed by atoms with Crippen LogP contribution in [0, 0.1) is 11.8 Å². The van der Waals surface area contributed by atoms with Crippen LogP contribution in [0.1, 0.15) is 57.2 Å². The quantitative estimate of drug-likeness (QED) is 0.114. The van der Waals surface area contributed by atoms with Gasteiger partial charge in [-0.1, -0.05) is 70.9 Å². The van der Waals surface area contributed by atoms with Crippen LogP contribution in [-0.2, 0) is 27.2 Å². The molecule has 6 nitrogen and oxygen atoms in total. The molecule has 2 heterocycles. The van der Waals surface area contributed by atoms with Crippen molar-refractivity contribution in [3.8, 4) is 17.2 Å². The highest BCUT2D eigenvalue weighted by Crippen LogP contribution is 2.37. The predicted molar refractivity (Wildman–Crippen MR) is 175 cm³/mol. The maximum atomic E-state index is 6.43. The monoisotopic (exact) mass is 598 g/mol. The predicted octanol–water partition coefficient (Wildman–Crippen LogP) is 8.13. The average Bonchev–Trinajstić information content (AvgIpc) is 3.99. The molecule has 6 heteroatoms. The summed E-state index contributed by atoms with van der Waals surface area (Å²) in [5.74, 6) is 3.65. The van der Waals surface area contributed by atoms with Gasteiger partial charge in [-0.05, 0) is 74.8 Å². The minimum Gasteiger partial charge on any atom is -0.493 e. The van der Waals surface area contributed by atoms with Crippen molar-refractivity contribution in [2.24, 2.45) is 11.8 Å². The van der Waals surface area contributed by atoms with E-state index in [1.807, 2.05) is 0 Å². The van der Waals surface area contributed by atoms with Crippen LogP contribution in [0.25, 0.3) is 21.5 Å². The van der Waals surface area contributed by atoms with Crippen molar-refractivity contribution >= 4 is 21.5 Å². The topological polar surface area (TPSA) is 62.0 Å². The van der Waals surface area contributed by atoms with Crippen LogP contribution < -0.4 is 14.2 Å². The Bertz CT molecular complexity index is 1560. The second-order valence-corrected chi connectivity index (χ2v) is 12.6. The number of hydrogen-bond donors (Lipinski definition) is 0. The van der Waals surface area contributed by atoms with Crippen molar-refractivity contribution < 1.29 is 28.4 Å². The fraction of sp³-hybridized carbons (Fsp3) is 0.474. The lowest BCUT2D eigenvalue weighted by Crippen LogP contribution is -2.09. The Labute approximate surface area is 261 Å². The first kappa shape index (κ1) is 30.7. The van der Waals surface area contributed by atoms with Crippen molar-refractivity contribution in [2.75, 3.05) is 39.6 Å². The fourth-order valence-electron chi connectivity index (χ4n) is 5.29. The van der Waals surface area contributed by atoms with Gasteiger partial charge >= 0.3 is 0 Å². The number of rotatable bonds is 17. The van der Waals surface area contributed by atoms with Crippen LogP contribution in [0.15, 0.2) is 60.7 Å². The molecule has 0 aliphatic carbocycles. The van der Waals surface area contributed by atoms with E-state index in [-0.39, 0.29) is 12.2 Å². The summed E-state index contributed by atoms with van der Waals surface area (Å²) in [6.45, 7) is 13.4. The second-order valence-electron chi connectivity index (χ2n) is 12.6. The van der Waals surface area contributed by atoms with Crippen LogP contribution in [0.5, 0.6) is 17.2 Å². The maximum Gasteiger partial charge on any atom is 0.123 e. The van der Waals surface area contributed by atoms with Crippen molar-refractivity contribution in [1.82, 2.24) is 0 Å². The number of ether oxygens (including phenoxy) is 6. The van der Waals surface area contributed by atoms with Crippen LogP contribution >= 0.6 is 0 Å². The Balaban J connectivity index is 1.41. The largest absolute Gasteiger partial charge is 0.493 e. The molecule has 4 atom stereocenters. The van der Waals surface area contributed by atoms with Crippen LogP contribution in [-0.4, -0.2) is 51.8 Å². The minimum atomic E-state index is 0.167. The summed E-state index contributed by atoms with van der Waals surface area (Å²) in [6.07, 6.45) is 3.24. The molecule has 6 rings (SSSR count). The summed E-state index contributed by atoms with van der Waals surface area (Å²) in [4.78, 5) is 0. The van der Waals surface area contributed by atoms with Crippen molar-refractivity contribution in [3.63, 3.8) is 0 Å². The van der Waals surface area contributed by atoms with Crippen LogP contribution in [0.4, 0.5) is 0 Å². The van der Waals surface area contributed by atoms with E-state index in [1.54, 1.807) is 0 Å². The summed E-state index contributed by atoms with van der Waals surface area (Å²) in [7, 11) is 0. The van der Waals surface area contributed by atoms with E-state index in [0.29, 0.717) is 51.3 Å². The van der Waals surface area contributed by atoms with E-state index < -0.39 is 0 Å². The molecule has 234 valence electrons. The molecule has 2 aliphatic rings. The van der Waals surface area contributed by atoms with Gasteiger partial charge in [0.2, 0.25) is 0 Å². The molecule has 0 amide bonds. The zero-order valence-electron chi connectivity index (χ0n) is 26.6. The molecule has 0 saturated carbocycles. The third-order valence-corrected chi connectivity index (χ3v) is 8.87. The fourth-order valence-corrected chi connectivity index (χ4v) is 5.29. The smallest absolute Gasteiger partial charge is 0.123 e. The molecule has 2 fully saturated rings. The van der Waals surface area contributed by atoms with Crippen LogP contribution in [0.2, 0.25) is 0 Å². The summed E-state index contributed by atoms with van der Waals surface area (Å²) >= 11 is 0. The molecule has 44 heavy (non-hydrogen) atoms. The highest BCUT2D eigenvalue weighted by atomic mass is 16.6.